The lowest BCUT2D eigenvalue weighted by molar-refractivity contribution is 0.0310. The predicted molar refractivity (Wildman–Crippen MR) is 117 cm³/mol. The van der Waals surface area contributed by atoms with E-state index < -0.39 is 0 Å². The van der Waals surface area contributed by atoms with Crippen molar-refractivity contribution in [2.45, 2.75) is 45.8 Å². The molecule has 0 amide bonds. The molecule has 0 bridgehead atoms. The molecule has 0 aliphatic carbocycles. The van der Waals surface area contributed by atoms with Crippen molar-refractivity contribution >= 4 is 35.6 Å². The van der Waals surface area contributed by atoms with Gasteiger partial charge in [-0.15, -0.1) is 24.0 Å². The standard InChI is InChI=1S/C19H32N4O.HI/c1-6-20-18(22-14-19(3,4)24-5)21-13-15(2)23-12-11-16-9-7-8-10-17(16)23;/h7-10,15H,6,11-14H2,1-5H3,(H2,20,21,22);1H. The topological polar surface area (TPSA) is 48.9 Å². The van der Waals surface area contributed by atoms with Gasteiger partial charge in [0.2, 0.25) is 0 Å². The van der Waals surface area contributed by atoms with E-state index in [1.165, 1.54) is 11.3 Å². The lowest BCUT2D eigenvalue weighted by atomic mass is 10.1. The van der Waals surface area contributed by atoms with Crippen molar-refractivity contribution in [2.24, 2.45) is 4.99 Å². The number of nitrogens with zero attached hydrogens (tertiary/aromatic N) is 2. The minimum Gasteiger partial charge on any atom is -0.377 e. The van der Waals surface area contributed by atoms with Crippen LogP contribution in [-0.4, -0.2) is 50.9 Å². The third-order valence-corrected chi connectivity index (χ3v) is 4.53. The summed E-state index contributed by atoms with van der Waals surface area (Å²) >= 11 is 0. The summed E-state index contributed by atoms with van der Waals surface area (Å²) in [5, 5.41) is 6.78. The molecule has 1 atom stereocenters. The maximum absolute atomic E-state index is 5.44. The molecule has 1 aliphatic rings. The smallest absolute Gasteiger partial charge is 0.191 e. The Morgan fingerprint density at radius 2 is 2.04 bits per heavy atom. The molecule has 1 aromatic rings. The van der Waals surface area contributed by atoms with Crippen LogP contribution in [0.4, 0.5) is 5.69 Å². The summed E-state index contributed by atoms with van der Waals surface area (Å²) in [5.41, 5.74) is 2.57. The van der Waals surface area contributed by atoms with Gasteiger partial charge in [-0.05, 0) is 45.7 Å². The summed E-state index contributed by atoms with van der Waals surface area (Å²) in [6.45, 7) is 11.9. The van der Waals surface area contributed by atoms with E-state index >= 15 is 0 Å². The molecule has 0 saturated heterocycles. The molecule has 0 radical (unpaired) electrons. The van der Waals surface area contributed by atoms with Crippen LogP contribution in [0.25, 0.3) is 0 Å². The van der Waals surface area contributed by atoms with Gasteiger partial charge in [-0.25, -0.2) is 0 Å². The van der Waals surface area contributed by atoms with E-state index in [4.69, 9.17) is 4.74 Å². The first-order valence-corrected chi connectivity index (χ1v) is 8.88. The Balaban J connectivity index is 0.00000312. The maximum Gasteiger partial charge on any atom is 0.191 e. The van der Waals surface area contributed by atoms with Crippen LogP contribution in [-0.2, 0) is 11.2 Å². The van der Waals surface area contributed by atoms with Crippen LogP contribution in [0.15, 0.2) is 29.3 Å². The molecule has 5 nitrogen and oxygen atoms in total. The molecule has 1 aliphatic heterocycles. The number of ether oxygens (including phenoxy) is 1. The van der Waals surface area contributed by atoms with E-state index in [1.54, 1.807) is 7.11 Å². The van der Waals surface area contributed by atoms with Crippen molar-refractivity contribution in [1.82, 2.24) is 10.6 Å². The Kier molecular flexibility index (Phi) is 8.99. The van der Waals surface area contributed by atoms with Crippen LogP contribution in [0.1, 0.15) is 33.3 Å². The molecule has 1 aromatic carbocycles. The van der Waals surface area contributed by atoms with E-state index in [0.29, 0.717) is 12.6 Å². The van der Waals surface area contributed by atoms with Gasteiger partial charge < -0.3 is 20.3 Å². The second-order valence-corrected chi connectivity index (χ2v) is 6.96. The van der Waals surface area contributed by atoms with Crippen molar-refractivity contribution in [1.29, 1.82) is 0 Å². The third-order valence-electron chi connectivity index (χ3n) is 4.53. The van der Waals surface area contributed by atoms with E-state index in [2.05, 4.69) is 58.6 Å². The summed E-state index contributed by atoms with van der Waals surface area (Å²) in [4.78, 5) is 7.13. The quantitative estimate of drug-likeness (QED) is 0.373. The van der Waals surface area contributed by atoms with Gasteiger partial charge in [0, 0.05) is 38.5 Å². The summed E-state index contributed by atoms with van der Waals surface area (Å²) in [6.07, 6.45) is 1.14. The summed E-state index contributed by atoms with van der Waals surface area (Å²) in [6, 6.07) is 9.11. The highest BCUT2D eigenvalue weighted by Gasteiger charge is 2.23. The van der Waals surface area contributed by atoms with E-state index in [9.17, 15) is 0 Å². The summed E-state index contributed by atoms with van der Waals surface area (Å²) in [7, 11) is 1.72. The fourth-order valence-corrected chi connectivity index (χ4v) is 2.85. The van der Waals surface area contributed by atoms with Crippen molar-refractivity contribution in [2.75, 3.05) is 38.2 Å². The number of aliphatic imine (C=N–C) groups is 1. The molecule has 1 unspecified atom stereocenters. The molecule has 0 spiro atoms. The number of para-hydroxylation sites is 1. The lowest BCUT2D eigenvalue weighted by Gasteiger charge is -2.28. The lowest BCUT2D eigenvalue weighted by Crippen LogP contribution is -2.46. The molecular formula is C19H33IN4O. The SMILES string of the molecule is CCNC(=NCC(C)(C)OC)NCC(C)N1CCc2ccccc21.I. The number of hydrogen-bond donors (Lipinski definition) is 2. The largest absolute Gasteiger partial charge is 0.377 e. The molecular weight excluding hydrogens is 427 g/mol. The number of benzene rings is 1. The first kappa shape index (κ1) is 22.0. The Morgan fingerprint density at radius 3 is 2.72 bits per heavy atom. The molecule has 0 aromatic heterocycles. The molecule has 0 fully saturated rings. The van der Waals surface area contributed by atoms with Gasteiger partial charge >= 0.3 is 0 Å². The number of rotatable bonds is 7. The zero-order valence-corrected chi connectivity index (χ0v) is 18.5. The number of hydrogen-bond acceptors (Lipinski definition) is 3. The zero-order valence-electron chi connectivity index (χ0n) is 16.1. The number of nitrogens with one attached hydrogen (secondary N) is 2. The number of methoxy groups -OCH3 is 1. The normalized spacial score (nSPS) is 15.4. The van der Waals surface area contributed by atoms with Crippen molar-refractivity contribution in [3.8, 4) is 0 Å². The van der Waals surface area contributed by atoms with Crippen molar-refractivity contribution in [3.05, 3.63) is 29.8 Å². The minimum absolute atomic E-state index is 0. The summed E-state index contributed by atoms with van der Waals surface area (Å²) < 4.78 is 5.44. The van der Waals surface area contributed by atoms with Gasteiger partial charge in [0.25, 0.3) is 0 Å². The number of halogens is 1. The van der Waals surface area contributed by atoms with Crippen molar-refractivity contribution < 1.29 is 4.74 Å². The van der Waals surface area contributed by atoms with Crippen LogP contribution in [0, 0.1) is 0 Å². The van der Waals surface area contributed by atoms with Crippen LogP contribution in [0.3, 0.4) is 0 Å². The van der Waals surface area contributed by atoms with Crippen LogP contribution in [0.5, 0.6) is 0 Å². The highest BCUT2D eigenvalue weighted by molar-refractivity contribution is 14.0. The first-order chi connectivity index (χ1) is 11.5. The molecule has 0 saturated carbocycles. The minimum atomic E-state index is -0.248. The molecule has 2 rings (SSSR count). The van der Waals surface area contributed by atoms with Crippen molar-refractivity contribution in [3.63, 3.8) is 0 Å². The number of anilines is 1. The van der Waals surface area contributed by atoms with Gasteiger partial charge in [0.05, 0.1) is 12.1 Å². The van der Waals surface area contributed by atoms with Crippen LogP contribution in [0.2, 0.25) is 0 Å². The highest BCUT2D eigenvalue weighted by Crippen LogP contribution is 2.28. The second-order valence-electron chi connectivity index (χ2n) is 6.96. The van der Waals surface area contributed by atoms with E-state index in [1.807, 2.05) is 13.8 Å². The van der Waals surface area contributed by atoms with Gasteiger partial charge in [0.15, 0.2) is 5.96 Å². The molecule has 1 heterocycles. The molecule has 6 heteroatoms. The Hall–Kier alpha value is -1.02. The molecule has 25 heavy (non-hydrogen) atoms. The predicted octanol–water partition coefficient (Wildman–Crippen LogP) is 3.04. The van der Waals surface area contributed by atoms with Gasteiger partial charge in [0.1, 0.15) is 0 Å². The number of guanidine groups is 1. The zero-order chi connectivity index (χ0) is 17.6. The number of fused-ring (bicyclic) bond motifs is 1. The van der Waals surface area contributed by atoms with Gasteiger partial charge in [-0.1, -0.05) is 18.2 Å². The summed E-state index contributed by atoms with van der Waals surface area (Å²) in [5.74, 6) is 0.849. The maximum atomic E-state index is 5.44. The highest BCUT2D eigenvalue weighted by atomic mass is 127. The molecule has 2 N–H and O–H groups in total. The van der Waals surface area contributed by atoms with Crippen LogP contribution >= 0.6 is 24.0 Å². The van der Waals surface area contributed by atoms with Gasteiger partial charge in [-0.3, -0.25) is 4.99 Å². The second kappa shape index (κ2) is 10.2. The Morgan fingerprint density at radius 1 is 1.32 bits per heavy atom. The van der Waals surface area contributed by atoms with E-state index in [-0.39, 0.29) is 29.6 Å². The third kappa shape index (κ3) is 6.33. The molecule has 142 valence electrons. The fourth-order valence-electron chi connectivity index (χ4n) is 2.85. The van der Waals surface area contributed by atoms with Gasteiger partial charge in [-0.2, -0.15) is 0 Å². The average molecular weight is 460 g/mol. The Bertz CT molecular complexity index is 562. The van der Waals surface area contributed by atoms with Crippen LogP contribution < -0.4 is 15.5 Å². The van der Waals surface area contributed by atoms with E-state index in [0.717, 1.165) is 32.0 Å². The first-order valence-electron chi connectivity index (χ1n) is 8.88. The fraction of sp³-hybridized carbons (Fsp3) is 0.632. The monoisotopic (exact) mass is 460 g/mol. The Labute approximate surface area is 169 Å². The average Bonchev–Trinajstić information content (AvgIpc) is 3.01.